The van der Waals surface area contributed by atoms with Gasteiger partial charge in [0.2, 0.25) is 0 Å². The van der Waals surface area contributed by atoms with Crippen LogP contribution in [-0.2, 0) is 30.0 Å². The van der Waals surface area contributed by atoms with Gasteiger partial charge in [0.25, 0.3) is 0 Å². The molecule has 176 valence electrons. The van der Waals surface area contributed by atoms with Crippen LogP contribution in [0.4, 0.5) is 0 Å². The maximum Gasteiger partial charge on any atom is 0.194 e. The first-order valence-electron chi connectivity index (χ1n) is 11.1. The Morgan fingerprint density at radius 2 is 1.87 bits per heavy atom. The highest BCUT2D eigenvalue weighted by molar-refractivity contribution is 6.74. The first kappa shape index (κ1) is 26.2. The molecule has 1 saturated heterocycles. The topological polar surface area (TPSA) is 74.2 Å². The maximum absolute atomic E-state index is 13.4. The highest BCUT2D eigenvalue weighted by Gasteiger charge is 2.47. The molecular formula is C24H40O6Si. The number of hydrogen-bond acceptors (Lipinski definition) is 6. The molecule has 1 aliphatic rings. The van der Waals surface area contributed by atoms with E-state index in [4.69, 9.17) is 18.6 Å². The van der Waals surface area contributed by atoms with E-state index in [1.165, 1.54) is 0 Å². The van der Waals surface area contributed by atoms with Crippen molar-refractivity contribution in [2.24, 2.45) is 5.92 Å². The Morgan fingerprint density at radius 3 is 2.39 bits per heavy atom. The van der Waals surface area contributed by atoms with Gasteiger partial charge in [0.15, 0.2) is 19.9 Å². The van der Waals surface area contributed by atoms with Crippen molar-refractivity contribution in [3.63, 3.8) is 0 Å². The van der Waals surface area contributed by atoms with Crippen LogP contribution in [0.25, 0.3) is 0 Å². The predicted molar refractivity (Wildman–Crippen MR) is 123 cm³/mol. The third-order valence-corrected chi connectivity index (χ3v) is 10.7. The third-order valence-electron chi connectivity index (χ3n) is 6.22. The van der Waals surface area contributed by atoms with Gasteiger partial charge in [-0.15, -0.1) is 0 Å². The SMILES string of the molecule is C[C@H](COCc1ccccc1)[C@H](O)[C@@H](O[Si](C)(C)C(C)(C)C)C(=O)[C@@H]1COC(C)(C)O1. The molecule has 1 aromatic rings. The van der Waals surface area contributed by atoms with Crippen LogP contribution in [0.5, 0.6) is 0 Å². The fourth-order valence-corrected chi connectivity index (χ4v) is 4.38. The molecule has 0 unspecified atom stereocenters. The molecule has 0 amide bonds. The summed E-state index contributed by atoms with van der Waals surface area (Å²) in [6, 6.07) is 9.87. The van der Waals surface area contributed by atoms with Crippen LogP contribution in [0.15, 0.2) is 30.3 Å². The van der Waals surface area contributed by atoms with E-state index in [9.17, 15) is 9.90 Å². The zero-order valence-electron chi connectivity index (χ0n) is 20.3. The fraction of sp³-hybridized carbons (Fsp3) is 0.708. The number of Topliss-reactive ketones (excluding diaryl/α,β-unsaturated/α-hetero) is 1. The van der Waals surface area contributed by atoms with Gasteiger partial charge in [-0.2, -0.15) is 0 Å². The Morgan fingerprint density at radius 1 is 1.26 bits per heavy atom. The van der Waals surface area contributed by atoms with Crippen molar-refractivity contribution in [2.75, 3.05) is 13.2 Å². The van der Waals surface area contributed by atoms with Crippen LogP contribution >= 0.6 is 0 Å². The average Bonchev–Trinajstić information content (AvgIpc) is 3.04. The van der Waals surface area contributed by atoms with E-state index >= 15 is 0 Å². The van der Waals surface area contributed by atoms with E-state index in [1.54, 1.807) is 13.8 Å². The standard InChI is InChI=1S/C24H40O6Si/c1-17(14-27-15-18-12-10-9-11-13-18)20(25)22(30-31(7,8)23(2,3)4)21(26)19-16-28-24(5,6)29-19/h9-13,17,19-20,22,25H,14-16H2,1-8H3/t17-,19+,20+,22-/m1/s1. The molecule has 4 atom stereocenters. The van der Waals surface area contributed by atoms with Crippen LogP contribution in [0.3, 0.4) is 0 Å². The van der Waals surface area contributed by atoms with E-state index < -0.39 is 32.4 Å². The lowest BCUT2D eigenvalue weighted by Crippen LogP contribution is -2.54. The minimum absolute atomic E-state index is 0.107. The molecule has 0 saturated carbocycles. The highest BCUT2D eigenvalue weighted by atomic mass is 28.4. The number of carbonyl (C=O) groups excluding carboxylic acids is 1. The van der Waals surface area contributed by atoms with Gasteiger partial charge in [0.1, 0.15) is 12.2 Å². The predicted octanol–water partition coefficient (Wildman–Crippen LogP) is 4.31. The second kappa shape index (κ2) is 10.2. The van der Waals surface area contributed by atoms with Gasteiger partial charge in [-0.05, 0) is 37.5 Å². The summed E-state index contributed by atoms with van der Waals surface area (Å²) in [5.74, 6) is -1.38. The number of aliphatic hydroxyl groups excluding tert-OH is 1. The van der Waals surface area contributed by atoms with Crippen molar-refractivity contribution in [1.29, 1.82) is 0 Å². The monoisotopic (exact) mass is 452 g/mol. The molecule has 1 heterocycles. The Labute approximate surface area is 188 Å². The van der Waals surface area contributed by atoms with E-state index in [1.807, 2.05) is 37.3 Å². The molecule has 0 radical (unpaired) electrons. The zero-order chi connectivity index (χ0) is 23.4. The first-order valence-corrected chi connectivity index (χ1v) is 14.0. The Balaban J connectivity index is 2.11. The van der Waals surface area contributed by atoms with Crippen LogP contribution < -0.4 is 0 Å². The van der Waals surface area contributed by atoms with E-state index in [-0.39, 0.29) is 23.3 Å². The van der Waals surface area contributed by atoms with Gasteiger partial charge in [-0.3, -0.25) is 4.79 Å². The second-order valence-corrected chi connectivity index (χ2v) is 15.2. The summed E-state index contributed by atoms with van der Waals surface area (Å²) in [6.45, 7) is 16.8. The van der Waals surface area contributed by atoms with Gasteiger partial charge >= 0.3 is 0 Å². The Bertz CT molecular complexity index is 713. The molecule has 7 heteroatoms. The van der Waals surface area contributed by atoms with Gasteiger partial charge in [0, 0.05) is 5.92 Å². The molecule has 1 aliphatic heterocycles. The van der Waals surface area contributed by atoms with Crippen molar-refractivity contribution < 1.29 is 28.5 Å². The van der Waals surface area contributed by atoms with Crippen LogP contribution in [0, 0.1) is 5.92 Å². The number of rotatable bonds is 10. The maximum atomic E-state index is 13.4. The molecule has 0 aromatic heterocycles. The number of hydrogen-bond donors (Lipinski definition) is 1. The van der Waals surface area contributed by atoms with Crippen LogP contribution in [-0.4, -0.2) is 56.5 Å². The van der Waals surface area contributed by atoms with E-state index in [2.05, 4.69) is 33.9 Å². The highest BCUT2D eigenvalue weighted by Crippen LogP contribution is 2.38. The fourth-order valence-electron chi connectivity index (χ4n) is 3.13. The van der Waals surface area contributed by atoms with Crippen LogP contribution in [0.1, 0.15) is 47.1 Å². The van der Waals surface area contributed by atoms with E-state index in [0.717, 1.165) is 5.56 Å². The minimum Gasteiger partial charge on any atom is -0.404 e. The van der Waals surface area contributed by atoms with Crippen LogP contribution in [0.2, 0.25) is 18.1 Å². The first-order chi connectivity index (χ1) is 14.2. The third kappa shape index (κ3) is 7.20. The number of ether oxygens (including phenoxy) is 3. The number of benzene rings is 1. The molecule has 1 fully saturated rings. The van der Waals surface area contributed by atoms with Gasteiger partial charge in [-0.25, -0.2) is 0 Å². The summed E-state index contributed by atoms with van der Waals surface area (Å²) >= 11 is 0. The minimum atomic E-state index is -2.33. The lowest BCUT2D eigenvalue weighted by molar-refractivity contribution is -0.161. The second-order valence-electron chi connectivity index (χ2n) is 10.5. The molecule has 1 aromatic carbocycles. The quantitative estimate of drug-likeness (QED) is 0.533. The molecule has 6 nitrogen and oxygen atoms in total. The summed E-state index contributed by atoms with van der Waals surface area (Å²) in [5.41, 5.74) is 1.06. The smallest absolute Gasteiger partial charge is 0.194 e. The summed E-state index contributed by atoms with van der Waals surface area (Å²) in [5, 5.41) is 11.1. The van der Waals surface area contributed by atoms with Crippen molar-refractivity contribution in [1.82, 2.24) is 0 Å². The molecule has 0 aliphatic carbocycles. The molecule has 0 spiro atoms. The Kier molecular flexibility index (Phi) is 8.63. The normalized spacial score (nSPS) is 22.2. The van der Waals surface area contributed by atoms with Gasteiger partial charge in [-0.1, -0.05) is 58.0 Å². The molecule has 2 rings (SSSR count). The summed E-state index contributed by atoms with van der Waals surface area (Å²) in [6.07, 6.45) is -2.75. The van der Waals surface area contributed by atoms with E-state index in [0.29, 0.717) is 13.2 Å². The molecule has 31 heavy (non-hydrogen) atoms. The van der Waals surface area contributed by atoms with Crippen molar-refractivity contribution in [3.05, 3.63) is 35.9 Å². The molecule has 0 bridgehead atoms. The van der Waals surface area contributed by atoms with Crippen molar-refractivity contribution >= 4 is 14.1 Å². The number of carbonyl (C=O) groups is 1. The average molecular weight is 453 g/mol. The van der Waals surface area contributed by atoms with Crippen molar-refractivity contribution in [2.45, 2.75) is 90.4 Å². The zero-order valence-corrected chi connectivity index (χ0v) is 21.3. The molecule has 1 N–H and O–H groups in total. The summed E-state index contributed by atoms with van der Waals surface area (Å²) in [7, 11) is -2.33. The largest absolute Gasteiger partial charge is 0.404 e. The molecular weight excluding hydrogens is 412 g/mol. The Hall–Kier alpha value is -1.09. The van der Waals surface area contributed by atoms with Gasteiger partial charge < -0.3 is 23.7 Å². The summed E-state index contributed by atoms with van der Waals surface area (Å²) < 4.78 is 23.6. The number of ketones is 1. The van der Waals surface area contributed by atoms with Gasteiger partial charge in [0.05, 0.1) is 25.9 Å². The summed E-state index contributed by atoms with van der Waals surface area (Å²) in [4.78, 5) is 13.4. The lowest BCUT2D eigenvalue weighted by Gasteiger charge is -2.41. The lowest BCUT2D eigenvalue weighted by atomic mass is 9.96. The number of aliphatic hydroxyl groups is 1. The van der Waals surface area contributed by atoms with Crippen molar-refractivity contribution in [3.8, 4) is 0 Å².